The summed E-state index contributed by atoms with van der Waals surface area (Å²) in [6, 6.07) is 12.6. The van der Waals surface area contributed by atoms with Crippen molar-refractivity contribution in [2.24, 2.45) is 0 Å². The van der Waals surface area contributed by atoms with Crippen molar-refractivity contribution in [2.75, 3.05) is 11.9 Å². The highest BCUT2D eigenvalue weighted by Crippen LogP contribution is 2.28. The van der Waals surface area contributed by atoms with E-state index in [0.29, 0.717) is 6.01 Å². The second kappa shape index (κ2) is 4.87. The predicted molar refractivity (Wildman–Crippen MR) is 87.1 cm³/mol. The second-order valence-electron chi connectivity index (χ2n) is 5.21. The number of aryl methyl sites for hydroxylation is 1. The summed E-state index contributed by atoms with van der Waals surface area (Å²) in [5.74, 6) is 0. The Bertz CT molecular complexity index is 967. The van der Waals surface area contributed by atoms with Crippen molar-refractivity contribution in [1.29, 1.82) is 0 Å². The molecule has 0 saturated heterocycles. The van der Waals surface area contributed by atoms with Crippen LogP contribution in [-0.2, 0) is 0 Å². The van der Waals surface area contributed by atoms with Crippen molar-refractivity contribution in [3.05, 3.63) is 48.3 Å². The van der Waals surface area contributed by atoms with Gasteiger partial charge in [-0.25, -0.2) is 4.98 Å². The molecule has 1 aromatic carbocycles. The molecule has 5 heteroatoms. The van der Waals surface area contributed by atoms with Crippen LogP contribution in [0.4, 0.5) is 6.01 Å². The molecule has 22 heavy (non-hydrogen) atoms. The first-order valence-electron chi connectivity index (χ1n) is 7.35. The van der Waals surface area contributed by atoms with Gasteiger partial charge in [0.15, 0.2) is 5.58 Å². The number of aromatic nitrogens is 3. The van der Waals surface area contributed by atoms with E-state index in [2.05, 4.69) is 21.6 Å². The lowest BCUT2D eigenvalue weighted by Crippen LogP contribution is -1.95. The van der Waals surface area contributed by atoms with Crippen molar-refractivity contribution in [3.8, 4) is 11.3 Å². The third-order valence-corrected chi connectivity index (χ3v) is 3.76. The van der Waals surface area contributed by atoms with Gasteiger partial charge in [-0.3, -0.25) is 0 Å². The third kappa shape index (κ3) is 1.94. The SMILES string of the molecule is CCNc1nc2cc(-c3nc4ccccn4c3C)ccc2o1. The smallest absolute Gasteiger partial charge is 0.295 e. The molecule has 1 N–H and O–H groups in total. The average molecular weight is 292 g/mol. The van der Waals surface area contributed by atoms with Gasteiger partial charge in [-0.1, -0.05) is 6.07 Å². The summed E-state index contributed by atoms with van der Waals surface area (Å²) < 4.78 is 7.73. The minimum absolute atomic E-state index is 0.557. The molecule has 0 aliphatic rings. The van der Waals surface area contributed by atoms with Gasteiger partial charge in [0, 0.05) is 24.0 Å². The molecule has 4 rings (SSSR count). The van der Waals surface area contributed by atoms with Crippen LogP contribution in [0.25, 0.3) is 28.0 Å². The Hall–Kier alpha value is -2.82. The topological polar surface area (TPSA) is 55.4 Å². The molecule has 0 spiro atoms. The first-order chi connectivity index (χ1) is 10.8. The zero-order valence-corrected chi connectivity index (χ0v) is 12.5. The number of hydrogen-bond acceptors (Lipinski definition) is 4. The Morgan fingerprint density at radius 1 is 1.18 bits per heavy atom. The fraction of sp³-hybridized carbons (Fsp3) is 0.176. The molecule has 110 valence electrons. The van der Waals surface area contributed by atoms with Gasteiger partial charge in [0.1, 0.15) is 11.2 Å². The molecule has 0 fully saturated rings. The number of hydrogen-bond donors (Lipinski definition) is 1. The maximum Gasteiger partial charge on any atom is 0.295 e. The lowest BCUT2D eigenvalue weighted by molar-refractivity contribution is 0.616. The molecule has 4 aromatic rings. The second-order valence-corrected chi connectivity index (χ2v) is 5.21. The molecular weight excluding hydrogens is 276 g/mol. The normalized spacial score (nSPS) is 11.4. The van der Waals surface area contributed by atoms with Crippen LogP contribution in [0.1, 0.15) is 12.6 Å². The lowest BCUT2D eigenvalue weighted by Gasteiger charge is -1.99. The van der Waals surface area contributed by atoms with Gasteiger partial charge >= 0.3 is 0 Å². The van der Waals surface area contributed by atoms with Gasteiger partial charge < -0.3 is 14.1 Å². The van der Waals surface area contributed by atoms with Gasteiger partial charge in [-0.05, 0) is 44.2 Å². The largest absolute Gasteiger partial charge is 0.424 e. The molecule has 0 radical (unpaired) electrons. The molecule has 0 saturated carbocycles. The Kier molecular flexibility index (Phi) is 2.85. The van der Waals surface area contributed by atoms with Crippen LogP contribution in [0.15, 0.2) is 47.0 Å². The van der Waals surface area contributed by atoms with E-state index < -0.39 is 0 Å². The van der Waals surface area contributed by atoms with Crippen LogP contribution < -0.4 is 5.32 Å². The molecule has 0 unspecified atom stereocenters. The summed E-state index contributed by atoms with van der Waals surface area (Å²) in [5.41, 5.74) is 5.70. The zero-order valence-electron chi connectivity index (χ0n) is 12.5. The summed E-state index contributed by atoms with van der Waals surface area (Å²) in [6.07, 6.45) is 2.03. The average Bonchev–Trinajstić information content (AvgIpc) is 3.08. The highest BCUT2D eigenvalue weighted by Gasteiger charge is 2.12. The van der Waals surface area contributed by atoms with Gasteiger partial charge in [0.05, 0.1) is 5.69 Å². The van der Waals surface area contributed by atoms with E-state index in [1.54, 1.807) is 0 Å². The fourth-order valence-electron chi connectivity index (χ4n) is 2.69. The van der Waals surface area contributed by atoms with Crippen molar-refractivity contribution in [1.82, 2.24) is 14.4 Å². The molecule has 3 heterocycles. The fourth-order valence-corrected chi connectivity index (χ4v) is 2.69. The first-order valence-corrected chi connectivity index (χ1v) is 7.35. The van der Waals surface area contributed by atoms with E-state index >= 15 is 0 Å². The number of nitrogens with zero attached hydrogens (tertiary/aromatic N) is 3. The van der Waals surface area contributed by atoms with E-state index in [1.165, 1.54) is 0 Å². The molecular formula is C17H16N4O. The van der Waals surface area contributed by atoms with E-state index in [9.17, 15) is 0 Å². The van der Waals surface area contributed by atoms with Crippen LogP contribution in [0.2, 0.25) is 0 Å². The monoisotopic (exact) mass is 292 g/mol. The van der Waals surface area contributed by atoms with Crippen molar-refractivity contribution in [3.63, 3.8) is 0 Å². The van der Waals surface area contributed by atoms with Crippen LogP contribution in [0.3, 0.4) is 0 Å². The van der Waals surface area contributed by atoms with Crippen LogP contribution in [0.5, 0.6) is 0 Å². The van der Waals surface area contributed by atoms with Crippen molar-refractivity contribution < 1.29 is 4.42 Å². The summed E-state index contributed by atoms with van der Waals surface area (Å²) >= 11 is 0. The van der Waals surface area contributed by atoms with Crippen LogP contribution in [-0.4, -0.2) is 20.9 Å². The van der Waals surface area contributed by atoms with Crippen LogP contribution in [0, 0.1) is 6.92 Å². The third-order valence-electron chi connectivity index (χ3n) is 3.76. The Balaban J connectivity index is 1.86. The minimum Gasteiger partial charge on any atom is -0.424 e. The molecule has 0 aliphatic heterocycles. The summed E-state index contributed by atoms with van der Waals surface area (Å²) in [6.45, 7) is 4.87. The van der Waals surface area contributed by atoms with Crippen LogP contribution >= 0.6 is 0 Å². The van der Waals surface area contributed by atoms with E-state index in [1.807, 2.05) is 49.5 Å². The standard InChI is InChI=1S/C17H16N4O/c1-3-18-17-19-13-10-12(7-8-14(13)22-17)16-11(2)21-9-5-4-6-15(21)20-16/h4-10H,3H2,1-2H3,(H,18,19). The number of fused-ring (bicyclic) bond motifs is 2. The maximum atomic E-state index is 5.64. The number of pyridine rings is 1. The summed E-state index contributed by atoms with van der Waals surface area (Å²) in [5, 5.41) is 3.09. The maximum absolute atomic E-state index is 5.64. The van der Waals surface area contributed by atoms with Crippen molar-refractivity contribution >= 4 is 22.8 Å². The Labute approximate surface area is 127 Å². The van der Waals surface area contributed by atoms with Crippen molar-refractivity contribution in [2.45, 2.75) is 13.8 Å². The molecule has 0 amide bonds. The molecule has 0 aliphatic carbocycles. The van der Waals surface area contributed by atoms with E-state index in [-0.39, 0.29) is 0 Å². The Morgan fingerprint density at radius 3 is 2.91 bits per heavy atom. The highest BCUT2D eigenvalue weighted by molar-refractivity contribution is 5.81. The highest BCUT2D eigenvalue weighted by atomic mass is 16.4. The summed E-state index contributed by atoms with van der Waals surface area (Å²) in [4.78, 5) is 9.18. The number of imidazole rings is 1. The number of anilines is 1. The molecule has 0 bridgehead atoms. The van der Waals surface area contributed by atoms with Gasteiger partial charge in [0.2, 0.25) is 0 Å². The predicted octanol–water partition coefficient (Wildman–Crippen LogP) is 3.88. The molecule has 0 atom stereocenters. The quantitative estimate of drug-likeness (QED) is 0.622. The van der Waals surface area contributed by atoms with Gasteiger partial charge in [0.25, 0.3) is 6.01 Å². The number of rotatable bonds is 3. The molecule has 5 nitrogen and oxygen atoms in total. The Morgan fingerprint density at radius 2 is 2.09 bits per heavy atom. The van der Waals surface area contributed by atoms with E-state index in [0.717, 1.165) is 40.2 Å². The number of oxazole rings is 1. The minimum atomic E-state index is 0.557. The zero-order chi connectivity index (χ0) is 15.1. The van der Waals surface area contributed by atoms with Gasteiger partial charge in [-0.15, -0.1) is 0 Å². The lowest BCUT2D eigenvalue weighted by atomic mass is 10.1. The summed E-state index contributed by atoms with van der Waals surface area (Å²) in [7, 11) is 0. The molecule has 3 aromatic heterocycles. The van der Waals surface area contributed by atoms with E-state index in [4.69, 9.17) is 9.40 Å². The number of nitrogens with one attached hydrogen (secondary N) is 1. The number of benzene rings is 1. The van der Waals surface area contributed by atoms with Gasteiger partial charge in [-0.2, -0.15) is 4.98 Å². The first kappa shape index (κ1) is 12.9.